The molecule has 0 bridgehead atoms. The number of carbonyl (C=O) groups is 2. The van der Waals surface area contributed by atoms with Gasteiger partial charge in [0.25, 0.3) is 0 Å². The average molecular weight is 435 g/mol. The molecule has 0 aromatic carbocycles. The Kier molecular flexibility index (Phi) is 6.92. The third kappa shape index (κ3) is 6.12. The molecule has 3 rings (SSSR count). The third-order valence-corrected chi connectivity index (χ3v) is 5.97. The lowest BCUT2D eigenvalue weighted by atomic mass is 10.2. The van der Waals surface area contributed by atoms with Gasteiger partial charge in [0, 0.05) is 49.8 Å². The smallest absolute Gasteiger partial charge is 0.407 e. The number of aromatic nitrogens is 1. The van der Waals surface area contributed by atoms with Crippen molar-refractivity contribution < 1.29 is 19.1 Å². The quantitative estimate of drug-likeness (QED) is 0.480. The number of piperidine rings is 1. The monoisotopic (exact) mass is 434 g/mol. The van der Waals surface area contributed by atoms with Crippen LogP contribution in [-0.2, 0) is 9.53 Å². The topological polar surface area (TPSA) is 92.8 Å². The van der Waals surface area contributed by atoms with Gasteiger partial charge in [0.05, 0.1) is 0 Å². The molecule has 0 spiro atoms. The maximum absolute atomic E-state index is 11.7. The molecular formula is C21H30N4O4S. The molecule has 2 fully saturated rings. The van der Waals surface area contributed by atoms with Crippen molar-refractivity contribution in [2.75, 3.05) is 33.3 Å². The summed E-state index contributed by atoms with van der Waals surface area (Å²) in [5.74, 6) is 1.82. The molecule has 8 nitrogen and oxygen atoms in total. The van der Waals surface area contributed by atoms with Crippen LogP contribution in [0.5, 0.6) is 5.88 Å². The van der Waals surface area contributed by atoms with Gasteiger partial charge in [-0.1, -0.05) is 6.58 Å². The maximum Gasteiger partial charge on any atom is 0.407 e. The molecule has 3 atom stereocenters. The second-order valence-electron chi connectivity index (χ2n) is 8.63. The standard InChI is InChI=1S/C21H30N4O4S/c1-13(8-24-20(27)29-21(2,3)4)12-28-17-7-6-14(9-23-17)30-25-10-15-16(11-25)18(15)19(26)22-5/h6-7,9,15-16,18H,1,8,10-12H2,2-5H3,(H,22,26)(H,24,27)/t15-,16+,18+. The fourth-order valence-corrected chi connectivity index (χ4v) is 4.53. The number of hydrogen-bond acceptors (Lipinski definition) is 7. The van der Waals surface area contributed by atoms with Crippen LogP contribution in [0.25, 0.3) is 0 Å². The van der Waals surface area contributed by atoms with Crippen molar-refractivity contribution in [1.82, 2.24) is 19.9 Å². The summed E-state index contributed by atoms with van der Waals surface area (Å²) in [6, 6.07) is 3.79. The number of amides is 2. The SMILES string of the molecule is C=C(CNC(=O)OC(C)(C)C)COc1ccc(SN2C[C@@H]3[C@H](C2)[C@H]3C(=O)NC)cn1. The highest BCUT2D eigenvalue weighted by atomic mass is 32.2. The molecule has 1 aromatic rings. The van der Waals surface area contributed by atoms with E-state index in [4.69, 9.17) is 9.47 Å². The van der Waals surface area contributed by atoms with Gasteiger partial charge in [0.1, 0.15) is 12.2 Å². The number of ether oxygens (including phenoxy) is 2. The molecule has 1 saturated heterocycles. The highest BCUT2D eigenvalue weighted by molar-refractivity contribution is 7.97. The van der Waals surface area contributed by atoms with Crippen molar-refractivity contribution >= 4 is 23.9 Å². The first-order valence-corrected chi connectivity index (χ1v) is 10.8. The Morgan fingerprint density at radius 2 is 2.00 bits per heavy atom. The molecule has 1 aliphatic carbocycles. The average Bonchev–Trinajstić information content (AvgIpc) is 3.19. The van der Waals surface area contributed by atoms with Crippen LogP contribution in [0.2, 0.25) is 0 Å². The number of nitrogens with zero attached hydrogens (tertiary/aromatic N) is 2. The molecule has 2 aliphatic rings. The Morgan fingerprint density at radius 3 is 2.57 bits per heavy atom. The van der Waals surface area contributed by atoms with Crippen molar-refractivity contribution in [3.63, 3.8) is 0 Å². The minimum atomic E-state index is -0.535. The zero-order valence-corrected chi connectivity index (χ0v) is 18.8. The van der Waals surface area contributed by atoms with Crippen LogP contribution >= 0.6 is 11.9 Å². The summed E-state index contributed by atoms with van der Waals surface area (Å²) in [6.45, 7) is 11.7. The van der Waals surface area contributed by atoms with E-state index in [1.807, 2.05) is 32.9 Å². The summed E-state index contributed by atoms with van der Waals surface area (Å²) >= 11 is 1.66. The van der Waals surface area contributed by atoms with Gasteiger partial charge in [-0.25, -0.2) is 14.1 Å². The fraction of sp³-hybridized carbons (Fsp3) is 0.571. The van der Waals surface area contributed by atoms with Crippen LogP contribution in [0.4, 0.5) is 4.79 Å². The van der Waals surface area contributed by atoms with Gasteiger partial charge in [-0.3, -0.25) is 4.79 Å². The maximum atomic E-state index is 11.7. The molecule has 1 aliphatic heterocycles. The minimum Gasteiger partial charge on any atom is -0.473 e. The second kappa shape index (κ2) is 9.26. The fourth-order valence-electron chi connectivity index (χ4n) is 3.51. The van der Waals surface area contributed by atoms with E-state index < -0.39 is 11.7 Å². The van der Waals surface area contributed by atoms with Crippen LogP contribution in [0.3, 0.4) is 0 Å². The van der Waals surface area contributed by atoms with Gasteiger partial charge in [0.2, 0.25) is 11.8 Å². The summed E-state index contributed by atoms with van der Waals surface area (Å²) in [7, 11) is 1.70. The van der Waals surface area contributed by atoms with E-state index in [9.17, 15) is 9.59 Å². The van der Waals surface area contributed by atoms with Gasteiger partial charge in [0.15, 0.2) is 0 Å². The van der Waals surface area contributed by atoms with E-state index in [1.54, 1.807) is 25.2 Å². The Labute approximate surface area is 181 Å². The molecule has 2 heterocycles. The second-order valence-corrected chi connectivity index (χ2v) is 9.80. The Hall–Kier alpha value is -2.26. The molecule has 9 heteroatoms. The van der Waals surface area contributed by atoms with Crippen molar-refractivity contribution in [3.05, 3.63) is 30.5 Å². The lowest BCUT2D eigenvalue weighted by molar-refractivity contribution is -0.122. The van der Waals surface area contributed by atoms with Crippen LogP contribution < -0.4 is 15.4 Å². The van der Waals surface area contributed by atoms with Crippen LogP contribution in [0, 0.1) is 17.8 Å². The molecule has 1 saturated carbocycles. The predicted octanol–water partition coefficient (Wildman–Crippen LogP) is 2.47. The number of fused-ring (bicyclic) bond motifs is 1. The molecule has 164 valence electrons. The summed E-state index contributed by atoms with van der Waals surface area (Å²) in [5, 5.41) is 5.40. The van der Waals surface area contributed by atoms with Gasteiger partial charge >= 0.3 is 6.09 Å². The first-order chi connectivity index (χ1) is 14.2. The van der Waals surface area contributed by atoms with Crippen molar-refractivity contribution in [2.45, 2.75) is 31.3 Å². The van der Waals surface area contributed by atoms with Gasteiger partial charge in [-0.2, -0.15) is 0 Å². The van der Waals surface area contributed by atoms with Crippen LogP contribution in [0.15, 0.2) is 35.4 Å². The Morgan fingerprint density at radius 1 is 1.30 bits per heavy atom. The van der Waals surface area contributed by atoms with E-state index in [-0.39, 0.29) is 25.0 Å². The lowest BCUT2D eigenvalue weighted by Crippen LogP contribution is -2.34. The first kappa shape index (κ1) is 22.4. The minimum absolute atomic E-state index is 0.167. The molecule has 1 aromatic heterocycles. The third-order valence-electron chi connectivity index (χ3n) is 4.96. The van der Waals surface area contributed by atoms with Crippen LogP contribution in [-0.4, -0.2) is 60.2 Å². The number of alkyl carbamates (subject to hydrolysis) is 1. The molecule has 0 radical (unpaired) electrons. The van der Waals surface area contributed by atoms with Gasteiger partial charge in [-0.05, 0) is 56.2 Å². The van der Waals surface area contributed by atoms with E-state index in [0.717, 1.165) is 18.0 Å². The molecule has 0 unspecified atom stereocenters. The zero-order chi connectivity index (χ0) is 21.9. The summed E-state index contributed by atoms with van der Waals surface area (Å²) in [4.78, 5) is 28.8. The van der Waals surface area contributed by atoms with E-state index in [2.05, 4.69) is 26.5 Å². The largest absolute Gasteiger partial charge is 0.473 e. The number of rotatable bonds is 8. The molecule has 2 N–H and O–H groups in total. The van der Waals surface area contributed by atoms with Crippen molar-refractivity contribution in [3.8, 4) is 5.88 Å². The highest BCUT2D eigenvalue weighted by Crippen LogP contribution is 2.53. The van der Waals surface area contributed by atoms with Gasteiger partial charge in [-0.15, -0.1) is 0 Å². The van der Waals surface area contributed by atoms with Crippen molar-refractivity contribution in [1.29, 1.82) is 0 Å². The Balaban J connectivity index is 1.35. The van der Waals surface area contributed by atoms with Crippen LogP contribution in [0.1, 0.15) is 20.8 Å². The highest BCUT2D eigenvalue weighted by Gasteiger charge is 2.59. The number of nitrogens with one attached hydrogen (secondary N) is 2. The van der Waals surface area contributed by atoms with Gasteiger partial charge < -0.3 is 20.1 Å². The molecule has 30 heavy (non-hydrogen) atoms. The number of hydrogen-bond donors (Lipinski definition) is 2. The van der Waals surface area contributed by atoms with E-state index >= 15 is 0 Å². The number of pyridine rings is 1. The molecule has 2 amide bonds. The van der Waals surface area contributed by atoms with Crippen molar-refractivity contribution in [2.24, 2.45) is 17.8 Å². The summed E-state index contributed by atoms with van der Waals surface area (Å²) < 4.78 is 13.1. The first-order valence-electron chi connectivity index (χ1n) is 10.0. The predicted molar refractivity (Wildman–Crippen MR) is 115 cm³/mol. The summed E-state index contributed by atoms with van der Waals surface area (Å²) in [5.41, 5.74) is 0.176. The zero-order valence-electron chi connectivity index (χ0n) is 17.9. The lowest BCUT2D eigenvalue weighted by Gasteiger charge is -2.20. The Bertz CT molecular complexity index is 781. The van der Waals surface area contributed by atoms with E-state index in [1.165, 1.54) is 0 Å². The molecular weight excluding hydrogens is 404 g/mol. The summed E-state index contributed by atoms with van der Waals surface area (Å²) in [6.07, 6.45) is 1.30. The normalized spacial score (nSPS) is 22.7. The van der Waals surface area contributed by atoms with E-state index in [0.29, 0.717) is 23.3 Å². The number of carbonyl (C=O) groups excluding carboxylic acids is 2.